The largest absolute Gasteiger partial charge is 0.497 e. The highest BCUT2D eigenvalue weighted by molar-refractivity contribution is 6.09. The molecule has 92 valence electrons. The van der Waals surface area contributed by atoms with E-state index in [0.29, 0.717) is 16.8 Å². The number of carbonyl (C=O) groups excluding carboxylic acids is 1. The molecular formula is C15H15NO2. The Morgan fingerprint density at radius 1 is 1.06 bits per heavy atom. The molecule has 2 aromatic carbocycles. The van der Waals surface area contributed by atoms with Crippen molar-refractivity contribution in [2.24, 2.45) is 0 Å². The lowest BCUT2D eigenvalue weighted by Gasteiger charge is -2.05. The maximum absolute atomic E-state index is 12.3. The monoisotopic (exact) mass is 241 g/mol. The van der Waals surface area contributed by atoms with E-state index in [1.165, 1.54) is 0 Å². The number of hydrogen-bond donors (Lipinski definition) is 1. The van der Waals surface area contributed by atoms with Crippen molar-refractivity contribution in [2.45, 2.75) is 6.92 Å². The fourth-order valence-electron chi connectivity index (χ4n) is 1.85. The van der Waals surface area contributed by atoms with Crippen LogP contribution in [0.4, 0.5) is 5.69 Å². The SMILES string of the molecule is COc1ccc(C(=O)c2cc(C)cc(N)c2)cc1. The van der Waals surface area contributed by atoms with Gasteiger partial charge in [0.2, 0.25) is 0 Å². The van der Waals surface area contributed by atoms with E-state index < -0.39 is 0 Å². The van der Waals surface area contributed by atoms with Gasteiger partial charge in [-0.15, -0.1) is 0 Å². The molecule has 0 saturated carbocycles. The van der Waals surface area contributed by atoms with E-state index in [1.807, 2.05) is 19.1 Å². The van der Waals surface area contributed by atoms with Crippen LogP contribution in [0.1, 0.15) is 21.5 Å². The maximum atomic E-state index is 12.3. The van der Waals surface area contributed by atoms with Crippen molar-refractivity contribution in [3.05, 3.63) is 59.2 Å². The highest BCUT2D eigenvalue weighted by atomic mass is 16.5. The van der Waals surface area contributed by atoms with Crippen molar-refractivity contribution in [2.75, 3.05) is 12.8 Å². The summed E-state index contributed by atoms with van der Waals surface area (Å²) in [5.74, 6) is 0.698. The predicted octanol–water partition coefficient (Wildman–Crippen LogP) is 2.82. The first-order valence-electron chi connectivity index (χ1n) is 5.66. The molecule has 0 fully saturated rings. The lowest BCUT2D eigenvalue weighted by Crippen LogP contribution is -2.02. The van der Waals surface area contributed by atoms with E-state index in [4.69, 9.17) is 10.5 Å². The molecular weight excluding hydrogens is 226 g/mol. The van der Waals surface area contributed by atoms with E-state index in [-0.39, 0.29) is 5.78 Å². The van der Waals surface area contributed by atoms with Gasteiger partial charge in [-0.2, -0.15) is 0 Å². The van der Waals surface area contributed by atoms with Gasteiger partial charge in [0, 0.05) is 16.8 Å². The first-order valence-corrected chi connectivity index (χ1v) is 5.66. The van der Waals surface area contributed by atoms with Gasteiger partial charge in [-0.25, -0.2) is 0 Å². The molecule has 2 N–H and O–H groups in total. The third-order valence-electron chi connectivity index (χ3n) is 2.71. The van der Waals surface area contributed by atoms with Crippen molar-refractivity contribution in [1.29, 1.82) is 0 Å². The number of ether oxygens (including phenoxy) is 1. The summed E-state index contributed by atoms with van der Waals surface area (Å²) in [6.07, 6.45) is 0. The molecule has 0 saturated heterocycles. The van der Waals surface area contributed by atoms with E-state index in [9.17, 15) is 4.79 Å². The summed E-state index contributed by atoms with van der Waals surface area (Å²) in [5, 5.41) is 0. The van der Waals surface area contributed by atoms with Crippen LogP contribution in [0.25, 0.3) is 0 Å². The molecule has 3 heteroatoms. The minimum Gasteiger partial charge on any atom is -0.497 e. The van der Waals surface area contributed by atoms with E-state index in [1.54, 1.807) is 37.4 Å². The number of anilines is 1. The average Bonchev–Trinajstić information content (AvgIpc) is 2.37. The molecule has 0 aliphatic heterocycles. The zero-order valence-corrected chi connectivity index (χ0v) is 10.4. The molecule has 2 rings (SSSR count). The number of benzene rings is 2. The average molecular weight is 241 g/mol. The smallest absolute Gasteiger partial charge is 0.193 e. The number of ketones is 1. The Hall–Kier alpha value is -2.29. The summed E-state index contributed by atoms with van der Waals surface area (Å²) in [6.45, 7) is 1.92. The van der Waals surface area contributed by atoms with Crippen molar-refractivity contribution in [3.63, 3.8) is 0 Å². The fraction of sp³-hybridized carbons (Fsp3) is 0.133. The molecule has 2 aromatic rings. The van der Waals surface area contributed by atoms with Crippen LogP contribution in [0, 0.1) is 6.92 Å². The highest BCUT2D eigenvalue weighted by Gasteiger charge is 2.10. The zero-order chi connectivity index (χ0) is 13.1. The fourth-order valence-corrected chi connectivity index (χ4v) is 1.85. The molecule has 0 bridgehead atoms. The second-order valence-electron chi connectivity index (χ2n) is 4.19. The molecule has 3 nitrogen and oxygen atoms in total. The van der Waals surface area contributed by atoms with Crippen LogP contribution in [0.15, 0.2) is 42.5 Å². The first kappa shape index (κ1) is 12.2. The van der Waals surface area contributed by atoms with Crippen LogP contribution in [-0.4, -0.2) is 12.9 Å². The molecule has 0 radical (unpaired) electrons. The summed E-state index contributed by atoms with van der Waals surface area (Å²) >= 11 is 0. The second-order valence-corrected chi connectivity index (χ2v) is 4.19. The summed E-state index contributed by atoms with van der Waals surface area (Å²) in [5.41, 5.74) is 8.57. The number of hydrogen-bond acceptors (Lipinski definition) is 3. The number of nitrogens with two attached hydrogens (primary N) is 1. The minimum absolute atomic E-state index is 0.0342. The Morgan fingerprint density at radius 3 is 2.28 bits per heavy atom. The van der Waals surface area contributed by atoms with Crippen molar-refractivity contribution >= 4 is 11.5 Å². The lowest BCUT2D eigenvalue weighted by molar-refractivity contribution is 0.103. The Morgan fingerprint density at radius 2 is 1.72 bits per heavy atom. The molecule has 0 aliphatic carbocycles. The van der Waals surface area contributed by atoms with Crippen molar-refractivity contribution < 1.29 is 9.53 Å². The first-order chi connectivity index (χ1) is 8.60. The van der Waals surface area contributed by atoms with Gasteiger partial charge in [0.05, 0.1) is 7.11 Å². The van der Waals surface area contributed by atoms with Gasteiger partial charge in [-0.1, -0.05) is 0 Å². The topological polar surface area (TPSA) is 52.3 Å². The van der Waals surface area contributed by atoms with Gasteiger partial charge in [0.15, 0.2) is 5.78 Å². The summed E-state index contributed by atoms with van der Waals surface area (Å²) in [6, 6.07) is 12.4. The predicted molar refractivity (Wildman–Crippen MR) is 72.0 cm³/mol. The van der Waals surface area contributed by atoms with Crippen molar-refractivity contribution in [3.8, 4) is 5.75 Å². The van der Waals surface area contributed by atoms with Crippen LogP contribution >= 0.6 is 0 Å². The Kier molecular flexibility index (Phi) is 3.33. The summed E-state index contributed by atoms with van der Waals surface area (Å²) < 4.78 is 5.06. The molecule has 0 atom stereocenters. The molecule has 0 spiro atoms. The standard InChI is InChI=1S/C15H15NO2/c1-10-7-12(9-13(16)8-10)15(17)11-3-5-14(18-2)6-4-11/h3-9H,16H2,1-2H3. The quantitative estimate of drug-likeness (QED) is 0.664. The molecule has 0 heterocycles. The molecule has 0 aliphatic rings. The number of carbonyl (C=O) groups is 1. The normalized spacial score (nSPS) is 10.1. The number of methoxy groups -OCH3 is 1. The van der Waals surface area contributed by atoms with E-state index >= 15 is 0 Å². The summed E-state index contributed by atoms with van der Waals surface area (Å²) in [7, 11) is 1.60. The van der Waals surface area contributed by atoms with Gasteiger partial charge < -0.3 is 10.5 Å². The van der Waals surface area contributed by atoms with Crippen LogP contribution in [0.5, 0.6) is 5.75 Å². The Balaban J connectivity index is 2.34. The Bertz CT molecular complexity index is 553. The van der Waals surface area contributed by atoms with Crippen LogP contribution in [0.3, 0.4) is 0 Å². The maximum Gasteiger partial charge on any atom is 0.193 e. The lowest BCUT2D eigenvalue weighted by atomic mass is 10.0. The third-order valence-corrected chi connectivity index (χ3v) is 2.71. The number of rotatable bonds is 3. The van der Waals surface area contributed by atoms with Gasteiger partial charge in [0.25, 0.3) is 0 Å². The highest BCUT2D eigenvalue weighted by Crippen LogP contribution is 2.18. The third kappa shape index (κ3) is 2.51. The molecule has 0 amide bonds. The van der Waals surface area contributed by atoms with Gasteiger partial charge >= 0.3 is 0 Å². The summed E-state index contributed by atoms with van der Waals surface area (Å²) in [4.78, 5) is 12.3. The number of nitrogen functional groups attached to an aromatic ring is 1. The van der Waals surface area contributed by atoms with Gasteiger partial charge in [0.1, 0.15) is 5.75 Å². The van der Waals surface area contributed by atoms with Gasteiger partial charge in [-0.3, -0.25) is 4.79 Å². The van der Waals surface area contributed by atoms with Crippen LogP contribution < -0.4 is 10.5 Å². The molecule has 18 heavy (non-hydrogen) atoms. The zero-order valence-electron chi connectivity index (χ0n) is 10.4. The van der Waals surface area contributed by atoms with Crippen molar-refractivity contribution in [1.82, 2.24) is 0 Å². The molecule has 0 aromatic heterocycles. The minimum atomic E-state index is -0.0342. The van der Waals surface area contributed by atoms with Gasteiger partial charge in [-0.05, 0) is 55.0 Å². The second kappa shape index (κ2) is 4.92. The van der Waals surface area contributed by atoms with Crippen LogP contribution in [0.2, 0.25) is 0 Å². The number of aryl methyl sites for hydroxylation is 1. The Labute approximate surface area is 106 Å². The molecule has 0 unspecified atom stereocenters. The van der Waals surface area contributed by atoms with Crippen LogP contribution in [-0.2, 0) is 0 Å². The van der Waals surface area contributed by atoms with E-state index in [2.05, 4.69) is 0 Å². The van der Waals surface area contributed by atoms with E-state index in [0.717, 1.165) is 11.3 Å².